The van der Waals surface area contributed by atoms with Crippen molar-refractivity contribution in [3.63, 3.8) is 0 Å². The Balaban J connectivity index is 2.58. The topological polar surface area (TPSA) is 41.4 Å². The summed E-state index contributed by atoms with van der Waals surface area (Å²) in [6.07, 6.45) is 3.61. The van der Waals surface area contributed by atoms with Crippen LogP contribution in [0.15, 0.2) is 5.10 Å². The lowest BCUT2D eigenvalue weighted by atomic mass is 10.4. The minimum absolute atomic E-state index is 0.0370. The van der Waals surface area contributed by atoms with E-state index >= 15 is 0 Å². The molecule has 1 heterocycles. The molecule has 8 heavy (non-hydrogen) atoms. The second kappa shape index (κ2) is 2.05. The van der Waals surface area contributed by atoms with Crippen molar-refractivity contribution in [1.29, 1.82) is 0 Å². The van der Waals surface area contributed by atoms with Gasteiger partial charge in [0.2, 0.25) is 0 Å². The number of hydrogen-bond acceptors (Lipinski definition) is 2. The summed E-state index contributed by atoms with van der Waals surface area (Å²) in [6, 6.07) is 0.0370. The van der Waals surface area contributed by atoms with E-state index in [1.165, 1.54) is 0 Å². The molecule has 0 amide bonds. The number of nitrogens with two attached hydrogens (primary N) is 1. The molecule has 0 aromatic rings. The number of rotatable bonds is 1. The van der Waals surface area contributed by atoms with Crippen LogP contribution in [0.2, 0.25) is 0 Å². The molecule has 0 saturated carbocycles. The van der Waals surface area contributed by atoms with Crippen molar-refractivity contribution in [3.05, 3.63) is 0 Å². The van der Waals surface area contributed by atoms with Crippen molar-refractivity contribution in [2.75, 3.05) is 6.54 Å². The van der Waals surface area contributed by atoms with Gasteiger partial charge in [0.05, 0.1) is 6.21 Å². The number of hydrazone groups is 1. The summed E-state index contributed by atoms with van der Waals surface area (Å²) in [4.78, 5) is 0. The van der Waals surface area contributed by atoms with Gasteiger partial charge in [-0.25, -0.2) is 0 Å². The summed E-state index contributed by atoms with van der Waals surface area (Å²) in [5, 5.41) is 3.96. The van der Waals surface area contributed by atoms with Crippen LogP contribution in [-0.4, -0.2) is 29.7 Å². The van der Waals surface area contributed by atoms with E-state index in [0.717, 1.165) is 6.54 Å². The van der Waals surface area contributed by atoms with E-state index < -0.39 is 0 Å². The first-order chi connectivity index (χ1) is 3.83. The lowest BCUT2D eigenvalue weighted by Crippen LogP contribution is -2.21. The highest BCUT2D eigenvalue weighted by atomic mass is 15.4. The van der Waals surface area contributed by atoms with Crippen molar-refractivity contribution >= 4 is 12.4 Å². The van der Waals surface area contributed by atoms with Gasteiger partial charge >= 0.3 is 0 Å². The van der Waals surface area contributed by atoms with Crippen molar-refractivity contribution in [3.8, 4) is 0 Å². The third kappa shape index (κ3) is 0.924. The third-order valence-electron chi connectivity index (χ3n) is 1.06. The standard InChI is InChI=1S/C5H10N3/c1-2-8-4-5(6)3-7-8/h3-5H,2,6H2,1H3/q+1. The SMILES string of the molecule is CC[N+]1=CC(N)C=N1. The Morgan fingerprint density at radius 1 is 1.88 bits per heavy atom. The van der Waals surface area contributed by atoms with Gasteiger partial charge in [0.25, 0.3) is 0 Å². The molecule has 3 nitrogen and oxygen atoms in total. The largest absolute Gasteiger partial charge is 0.315 e. The summed E-state index contributed by atoms with van der Waals surface area (Å²) in [5.41, 5.74) is 5.45. The van der Waals surface area contributed by atoms with Crippen LogP contribution in [0.4, 0.5) is 0 Å². The second-order valence-electron chi connectivity index (χ2n) is 1.75. The Labute approximate surface area is 48.5 Å². The smallest absolute Gasteiger partial charge is 0.195 e. The monoisotopic (exact) mass is 112 g/mol. The molecular weight excluding hydrogens is 102 g/mol. The maximum absolute atomic E-state index is 5.45. The van der Waals surface area contributed by atoms with Crippen LogP contribution >= 0.6 is 0 Å². The zero-order valence-corrected chi connectivity index (χ0v) is 4.91. The molecule has 1 aliphatic heterocycles. The summed E-state index contributed by atoms with van der Waals surface area (Å²) < 4.78 is 1.82. The third-order valence-corrected chi connectivity index (χ3v) is 1.06. The van der Waals surface area contributed by atoms with E-state index in [-0.39, 0.29) is 6.04 Å². The first kappa shape index (κ1) is 5.44. The molecular formula is C5H10N3+. The average Bonchev–Trinajstić information content (AvgIpc) is 2.14. The molecule has 3 heteroatoms. The fourth-order valence-corrected chi connectivity index (χ4v) is 0.625. The van der Waals surface area contributed by atoms with Gasteiger partial charge in [-0.3, -0.25) is 0 Å². The molecule has 0 aromatic carbocycles. The molecule has 0 aromatic heterocycles. The molecule has 44 valence electrons. The Kier molecular flexibility index (Phi) is 1.39. The molecule has 0 aliphatic carbocycles. The lowest BCUT2D eigenvalue weighted by Gasteiger charge is -1.80. The highest BCUT2D eigenvalue weighted by Gasteiger charge is 2.10. The Morgan fingerprint density at radius 3 is 2.88 bits per heavy atom. The van der Waals surface area contributed by atoms with Gasteiger partial charge in [-0.15, -0.1) is 0 Å². The van der Waals surface area contributed by atoms with Gasteiger partial charge in [0, 0.05) is 0 Å². The van der Waals surface area contributed by atoms with Gasteiger partial charge in [-0.1, -0.05) is 4.68 Å². The predicted octanol–water partition coefficient (Wildman–Crippen LogP) is -0.584. The average molecular weight is 112 g/mol. The maximum atomic E-state index is 5.45. The lowest BCUT2D eigenvalue weighted by molar-refractivity contribution is -0.522. The molecule has 1 rings (SSSR count). The molecule has 0 spiro atoms. The normalized spacial score (nSPS) is 26.2. The maximum Gasteiger partial charge on any atom is 0.195 e. The zero-order valence-electron chi connectivity index (χ0n) is 4.91. The van der Waals surface area contributed by atoms with Gasteiger partial charge in [-0.2, -0.15) is 0 Å². The molecule has 1 aliphatic rings. The van der Waals surface area contributed by atoms with Crippen LogP contribution in [0.3, 0.4) is 0 Å². The van der Waals surface area contributed by atoms with Gasteiger partial charge < -0.3 is 5.73 Å². The molecule has 2 N–H and O–H groups in total. The first-order valence-corrected chi connectivity index (χ1v) is 2.74. The molecule has 0 bridgehead atoms. The van der Waals surface area contributed by atoms with Crippen molar-refractivity contribution in [2.24, 2.45) is 10.8 Å². The highest BCUT2D eigenvalue weighted by molar-refractivity contribution is 5.87. The van der Waals surface area contributed by atoms with Crippen molar-refractivity contribution in [2.45, 2.75) is 13.0 Å². The zero-order chi connectivity index (χ0) is 5.98. The Bertz CT molecular complexity index is 137. The van der Waals surface area contributed by atoms with Crippen molar-refractivity contribution < 1.29 is 4.68 Å². The van der Waals surface area contributed by atoms with E-state index in [0.29, 0.717) is 0 Å². The number of hydrogen-bond donors (Lipinski definition) is 1. The van der Waals surface area contributed by atoms with Crippen LogP contribution in [-0.2, 0) is 0 Å². The molecule has 1 unspecified atom stereocenters. The van der Waals surface area contributed by atoms with Gasteiger partial charge in [0.1, 0.15) is 6.04 Å². The summed E-state index contributed by atoms with van der Waals surface area (Å²) in [7, 11) is 0. The van der Waals surface area contributed by atoms with Gasteiger partial charge in [-0.05, 0) is 12.0 Å². The van der Waals surface area contributed by atoms with E-state index in [2.05, 4.69) is 5.10 Å². The number of nitrogens with zero attached hydrogens (tertiary/aromatic N) is 2. The van der Waals surface area contributed by atoms with Crippen LogP contribution < -0.4 is 5.73 Å². The Morgan fingerprint density at radius 2 is 2.62 bits per heavy atom. The minimum atomic E-state index is 0.0370. The van der Waals surface area contributed by atoms with Crippen LogP contribution in [0, 0.1) is 0 Å². The minimum Gasteiger partial charge on any atom is -0.315 e. The first-order valence-electron chi connectivity index (χ1n) is 2.74. The summed E-state index contributed by atoms with van der Waals surface area (Å²) >= 11 is 0. The summed E-state index contributed by atoms with van der Waals surface area (Å²) in [5.74, 6) is 0. The highest BCUT2D eigenvalue weighted by Crippen LogP contribution is 1.83. The van der Waals surface area contributed by atoms with Crippen LogP contribution in [0.1, 0.15) is 6.92 Å². The summed E-state index contributed by atoms with van der Waals surface area (Å²) in [6.45, 7) is 2.94. The fourth-order valence-electron chi connectivity index (χ4n) is 0.625. The molecule has 0 fully saturated rings. The van der Waals surface area contributed by atoms with Crippen LogP contribution in [0.5, 0.6) is 0 Å². The van der Waals surface area contributed by atoms with E-state index in [1.807, 2.05) is 17.8 Å². The fraction of sp³-hybridized carbons (Fsp3) is 0.600. The van der Waals surface area contributed by atoms with E-state index in [4.69, 9.17) is 5.73 Å². The second-order valence-corrected chi connectivity index (χ2v) is 1.75. The Hall–Kier alpha value is -0.700. The van der Waals surface area contributed by atoms with E-state index in [9.17, 15) is 0 Å². The molecule has 1 atom stereocenters. The molecule has 0 saturated heterocycles. The van der Waals surface area contributed by atoms with E-state index in [1.54, 1.807) is 6.21 Å². The van der Waals surface area contributed by atoms with Crippen molar-refractivity contribution in [1.82, 2.24) is 0 Å². The van der Waals surface area contributed by atoms with Gasteiger partial charge in [0.15, 0.2) is 12.8 Å². The molecule has 0 radical (unpaired) electrons. The quantitative estimate of drug-likeness (QED) is 0.453. The van der Waals surface area contributed by atoms with Crippen LogP contribution in [0.25, 0.3) is 0 Å². The predicted molar refractivity (Wildman–Crippen MR) is 33.3 cm³/mol.